The Balaban J connectivity index is 1.56. The number of halogens is 2. The molecule has 2 fully saturated rings. The lowest BCUT2D eigenvalue weighted by molar-refractivity contribution is 0.0947. The average Bonchev–Trinajstić information content (AvgIpc) is 3.21. The minimum Gasteiger partial charge on any atom is -0.396 e. The lowest BCUT2D eigenvalue weighted by atomic mass is 10.1. The van der Waals surface area contributed by atoms with Gasteiger partial charge in [-0.15, -0.1) is 0 Å². The van der Waals surface area contributed by atoms with Crippen LogP contribution in [-0.4, -0.2) is 36.5 Å². The van der Waals surface area contributed by atoms with Gasteiger partial charge < -0.3 is 16.0 Å². The highest BCUT2D eigenvalue weighted by Crippen LogP contribution is 2.32. The molecule has 3 N–H and O–H groups in total. The van der Waals surface area contributed by atoms with Gasteiger partial charge in [0.2, 0.25) is 0 Å². The van der Waals surface area contributed by atoms with Crippen molar-refractivity contribution in [1.29, 1.82) is 0 Å². The van der Waals surface area contributed by atoms with Crippen LogP contribution in [0.2, 0.25) is 10.0 Å². The van der Waals surface area contributed by atoms with Crippen molar-refractivity contribution in [2.24, 2.45) is 5.92 Å². The Hall–Kier alpha value is -0.970. The molecular formula is C15H19Cl2N3O. The van der Waals surface area contributed by atoms with Crippen molar-refractivity contribution < 1.29 is 4.79 Å². The van der Waals surface area contributed by atoms with E-state index in [0.29, 0.717) is 23.0 Å². The predicted molar refractivity (Wildman–Crippen MR) is 85.9 cm³/mol. The molecule has 3 rings (SSSR count). The van der Waals surface area contributed by atoms with Gasteiger partial charge in [-0.25, -0.2) is 0 Å². The molecule has 4 nitrogen and oxygen atoms in total. The molecule has 1 aliphatic heterocycles. The van der Waals surface area contributed by atoms with Gasteiger partial charge in [0.1, 0.15) is 0 Å². The standard InChI is InChI=1S/C15H19Cl2N3O/c16-12-4-3-11(13(17)14(12)18)15(21)19-7-9-5-6-20(8-9)10-1-2-10/h3-4,9-10H,1-2,5-8,18H2,(H,19,21)/t9-/m1/s1. The number of carbonyl (C=O) groups excluding carboxylic acids is 1. The number of anilines is 1. The summed E-state index contributed by atoms with van der Waals surface area (Å²) in [6.45, 7) is 2.92. The smallest absolute Gasteiger partial charge is 0.252 e. The Kier molecular flexibility index (Phi) is 4.29. The van der Waals surface area contributed by atoms with E-state index < -0.39 is 0 Å². The van der Waals surface area contributed by atoms with Crippen molar-refractivity contribution in [2.75, 3.05) is 25.4 Å². The molecule has 114 valence electrons. The van der Waals surface area contributed by atoms with E-state index in [4.69, 9.17) is 28.9 Å². The van der Waals surface area contributed by atoms with Crippen LogP contribution in [-0.2, 0) is 0 Å². The van der Waals surface area contributed by atoms with Gasteiger partial charge in [-0.1, -0.05) is 23.2 Å². The van der Waals surface area contributed by atoms with Crippen molar-refractivity contribution in [2.45, 2.75) is 25.3 Å². The SMILES string of the molecule is Nc1c(Cl)ccc(C(=O)NC[C@H]2CCN(C3CC3)C2)c1Cl. The summed E-state index contributed by atoms with van der Waals surface area (Å²) >= 11 is 12.0. The van der Waals surface area contributed by atoms with Crippen LogP contribution in [0, 0.1) is 5.92 Å². The molecule has 0 radical (unpaired) electrons. The maximum atomic E-state index is 12.2. The van der Waals surface area contributed by atoms with Crippen molar-refractivity contribution in [1.82, 2.24) is 10.2 Å². The average molecular weight is 328 g/mol. The Morgan fingerprint density at radius 1 is 1.33 bits per heavy atom. The van der Waals surface area contributed by atoms with Gasteiger partial charge in [0.25, 0.3) is 5.91 Å². The van der Waals surface area contributed by atoms with Crippen molar-refractivity contribution in [3.05, 3.63) is 27.7 Å². The molecule has 21 heavy (non-hydrogen) atoms. The predicted octanol–water partition coefficient (Wildman–Crippen LogP) is 2.79. The van der Waals surface area contributed by atoms with E-state index in [0.717, 1.165) is 25.6 Å². The van der Waals surface area contributed by atoms with Crippen LogP contribution in [0.1, 0.15) is 29.6 Å². The van der Waals surface area contributed by atoms with Crippen LogP contribution in [0.5, 0.6) is 0 Å². The number of benzene rings is 1. The van der Waals surface area contributed by atoms with Gasteiger partial charge in [0.15, 0.2) is 0 Å². The molecule has 1 aliphatic carbocycles. The van der Waals surface area contributed by atoms with Crippen LogP contribution in [0.15, 0.2) is 12.1 Å². The Labute approximate surface area is 134 Å². The summed E-state index contributed by atoms with van der Waals surface area (Å²) in [4.78, 5) is 14.7. The highest BCUT2D eigenvalue weighted by molar-refractivity contribution is 6.40. The van der Waals surface area contributed by atoms with Gasteiger partial charge in [-0.3, -0.25) is 4.79 Å². The molecule has 2 aliphatic rings. The zero-order valence-electron chi connectivity index (χ0n) is 11.7. The fourth-order valence-electron chi connectivity index (χ4n) is 2.88. The summed E-state index contributed by atoms with van der Waals surface area (Å²) in [5.41, 5.74) is 6.39. The number of nitrogen functional groups attached to an aromatic ring is 1. The van der Waals surface area contributed by atoms with Crippen LogP contribution in [0.3, 0.4) is 0 Å². The number of rotatable bonds is 4. The Morgan fingerprint density at radius 2 is 2.10 bits per heavy atom. The van der Waals surface area contributed by atoms with E-state index in [2.05, 4.69) is 10.2 Å². The summed E-state index contributed by atoms with van der Waals surface area (Å²) in [5.74, 6) is 0.339. The molecule has 1 saturated carbocycles. The van der Waals surface area contributed by atoms with E-state index in [1.807, 2.05) is 0 Å². The number of nitrogens with two attached hydrogens (primary N) is 1. The molecule has 1 aromatic rings. The zero-order chi connectivity index (χ0) is 15.0. The lowest BCUT2D eigenvalue weighted by Crippen LogP contribution is -2.31. The number of likely N-dealkylation sites (tertiary alicyclic amines) is 1. The first-order chi connectivity index (χ1) is 10.1. The summed E-state index contributed by atoms with van der Waals surface area (Å²) in [5, 5.41) is 3.56. The normalized spacial score (nSPS) is 22.5. The third kappa shape index (κ3) is 3.28. The molecule has 1 heterocycles. The van der Waals surface area contributed by atoms with E-state index >= 15 is 0 Å². The fourth-order valence-corrected chi connectivity index (χ4v) is 3.33. The third-order valence-corrected chi connectivity index (χ3v) is 5.04. The van der Waals surface area contributed by atoms with Crippen LogP contribution in [0.25, 0.3) is 0 Å². The second-order valence-electron chi connectivity index (χ2n) is 5.91. The Bertz CT molecular complexity index is 560. The number of nitrogens with one attached hydrogen (secondary N) is 1. The van der Waals surface area contributed by atoms with Gasteiger partial charge in [-0.2, -0.15) is 0 Å². The van der Waals surface area contributed by atoms with Gasteiger partial charge in [0, 0.05) is 19.1 Å². The topological polar surface area (TPSA) is 58.4 Å². The van der Waals surface area contributed by atoms with Crippen molar-refractivity contribution in [3.63, 3.8) is 0 Å². The molecule has 1 aromatic carbocycles. The number of carbonyl (C=O) groups is 1. The van der Waals surface area contributed by atoms with Crippen LogP contribution in [0.4, 0.5) is 5.69 Å². The van der Waals surface area contributed by atoms with Crippen molar-refractivity contribution in [3.8, 4) is 0 Å². The molecule has 0 spiro atoms. The number of nitrogens with zero attached hydrogens (tertiary/aromatic N) is 1. The summed E-state index contributed by atoms with van der Waals surface area (Å²) in [6, 6.07) is 4.01. The van der Waals surface area contributed by atoms with Crippen LogP contribution >= 0.6 is 23.2 Å². The first-order valence-electron chi connectivity index (χ1n) is 7.32. The summed E-state index contributed by atoms with van der Waals surface area (Å²) < 4.78 is 0. The number of hydrogen-bond donors (Lipinski definition) is 2. The third-order valence-electron chi connectivity index (χ3n) is 4.30. The van der Waals surface area contributed by atoms with Gasteiger partial charge in [0.05, 0.1) is 21.3 Å². The maximum absolute atomic E-state index is 12.2. The molecule has 6 heteroatoms. The molecule has 1 atom stereocenters. The highest BCUT2D eigenvalue weighted by atomic mass is 35.5. The Morgan fingerprint density at radius 3 is 2.81 bits per heavy atom. The maximum Gasteiger partial charge on any atom is 0.252 e. The first kappa shape index (κ1) is 14.9. The molecule has 0 unspecified atom stereocenters. The molecular weight excluding hydrogens is 309 g/mol. The minimum absolute atomic E-state index is 0.187. The monoisotopic (exact) mass is 327 g/mol. The molecule has 1 amide bonds. The summed E-state index contributed by atoms with van der Waals surface area (Å²) in [7, 11) is 0. The number of amides is 1. The lowest BCUT2D eigenvalue weighted by Gasteiger charge is -2.15. The molecule has 1 saturated heterocycles. The van der Waals surface area contributed by atoms with E-state index in [1.165, 1.54) is 12.8 Å². The van der Waals surface area contributed by atoms with Crippen LogP contribution < -0.4 is 11.1 Å². The fraction of sp³-hybridized carbons (Fsp3) is 0.533. The van der Waals surface area contributed by atoms with E-state index in [9.17, 15) is 4.79 Å². The van der Waals surface area contributed by atoms with E-state index in [-0.39, 0.29) is 16.6 Å². The van der Waals surface area contributed by atoms with E-state index in [1.54, 1.807) is 12.1 Å². The second-order valence-corrected chi connectivity index (χ2v) is 6.70. The summed E-state index contributed by atoms with van der Waals surface area (Å²) in [6.07, 6.45) is 3.81. The minimum atomic E-state index is -0.187. The zero-order valence-corrected chi connectivity index (χ0v) is 13.3. The highest BCUT2D eigenvalue weighted by Gasteiger charge is 2.34. The molecule has 0 bridgehead atoms. The largest absolute Gasteiger partial charge is 0.396 e. The van der Waals surface area contributed by atoms with Gasteiger partial charge in [-0.05, 0) is 43.9 Å². The second kappa shape index (κ2) is 6.03. The van der Waals surface area contributed by atoms with Gasteiger partial charge >= 0.3 is 0 Å². The number of hydrogen-bond acceptors (Lipinski definition) is 3. The van der Waals surface area contributed by atoms with Crippen molar-refractivity contribution >= 4 is 34.8 Å². The quantitative estimate of drug-likeness (QED) is 0.836. The first-order valence-corrected chi connectivity index (χ1v) is 8.07. The molecule has 0 aromatic heterocycles.